The zero-order chi connectivity index (χ0) is 15.5. The fourth-order valence-electron chi connectivity index (χ4n) is 2.12. The number of methoxy groups -OCH3 is 2. The second kappa shape index (κ2) is 10.2. The number of carbonyl (C=O) groups excluding carboxylic acids is 1. The third-order valence-corrected chi connectivity index (χ3v) is 3.34. The van der Waals surface area contributed by atoms with Crippen molar-refractivity contribution in [2.75, 3.05) is 20.8 Å². The summed E-state index contributed by atoms with van der Waals surface area (Å²) in [6.07, 6.45) is 0.956. The first kappa shape index (κ1) is 17.5. The third kappa shape index (κ3) is 6.60. The Bertz CT molecular complexity index is 397. The van der Waals surface area contributed by atoms with Gasteiger partial charge in [0.2, 0.25) is 0 Å². The molecule has 2 atom stereocenters. The van der Waals surface area contributed by atoms with E-state index in [0.29, 0.717) is 19.6 Å². The number of nitrogens with one attached hydrogen (secondary N) is 1. The molecule has 0 saturated carbocycles. The number of alkyl carbamates (subject to hydrolysis) is 1. The van der Waals surface area contributed by atoms with Crippen LogP contribution in [0.2, 0.25) is 0 Å². The number of carbonyl (C=O) groups is 1. The van der Waals surface area contributed by atoms with E-state index >= 15 is 0 Å². The molecule has 0 saturated heterocycles. The highest BCUT2D eigenvalue weighted by Gasteiger charge is 2.21. The summed E-state index contributed by atoms with van der Waals surface area (Å²) in [7, 11) is 3.00. The number of rotatable bonds is 9. The lowest BCUT2D eigenvalue weighted by atomic mass is 10.1. The molecule has 1 rings (SSSR count). The minimum Gasteiger partial charge on any atom is -0.453 e. The van der Waals surface area contributed by atoms with Crippen molar-refractivity contribution in [3.63, 3.8) is 0 Å². The molecule has 1 N–H and O–H groups in total. The van der Waals surface area contributed by atoms with E-state index in [9.17, 15) is 4.79 Å². The second-order valence-electron chi connectivity index (χ2n) is 4.75. The Morgan fingerprint density at radius 2 is 1.95 bits per heavy atom. The molecule has 1 aromatic rings. The molecule has 0 bridgehead atoms. The summed E-state index contributed by atoms with van der Waals surface area (Å²) in [5, 5.41) is 2.78. The van der Waals surface area contributed by atoms with Gasteiger partial charge in [-0.3, -0.25) is 0 Å². The molecule has 5 heteroatoms. The summed E-state index contributed by atoms with van der Waals surface area (Å²) in [4.78, 5) is 11.3. The van der Waals surface area contributed by atoms with Gasteiger partial charge in [-0.05, 0) is 18.4 Å². The standard InChI is InChI=1S/C16H25NO4/c1-4-14(17-16(18)20-3)15(19-2)10-11-21-12-13-8-6-5-7-9-13/h5-9,14-15H,4,10-12H2,1-3H3,(H,17,18)/t14-,15-/m0/s1. The first-order valence-electron chi connectivity index (χ1n) is 7.20. The van der Waals surface area contributed by atoms with Gasteiger partial charge in [-0.2, -0.15) is 0 Å². The summed E-state index contributed by atoms with van der Waals surface area (Å²) in [5.74, 6) is 0. The molecule has 118 valence electrons. The van der Waals surface area contributed by atoms with E-state index in [1.807, 2.05) is 37.3 Å². The van der Waals surface area contributed by atoms with Crippen LogP contribution in [0, 0.1) is 0 Å². The summed E-state index contributed by atoms with van der Waals surface area (Å²) in [6, 6.07) is 9.94. The highest BCUT2D eigenvalue weighted by atomic mass is 16.5. The number of amides is 1. The highest BCUT2D eigenvalue weighted by Crippen LogP contribution is 2.09. The lowest BCUT2D eigenvalue weighted by molar-refractivity contribution is 0.0244. The number of hydrogen-bond acceptors (Lipinski definition) is 4. The van der Waals surface area contributed by atoms with Crippen molar-refractivity contribution in [2.45, 2.75) is 38.5 Å². The van der Waals surface area contributed by atoms with Crippen LogP contribution in [-0.2, 0) is 20.8 Å². The van der Waals surface area contributed by atoms with Crippen LogP contribution in [0.1, 0.15) is 25.3 Å². The maximum Gasteiger partial charge on any atom is 0.407 e. The molecule has 0 spiro atoms. The molecule has 0 aromatic heterocycles. The van der Waals surface area contributed by atoms with Gasteiger partial charge in [0.25, 0.3) is 0 Å². The van der Waals surface area contributed by atoms with E-state index in [0.717, 1.165) is 12.0 Å². The number of benzene rings is 1. The van der Waals surface area contributed by atoms with E-state index < -0.39 is 6.09 Å². The van der Waals surface area contributed by atoms with Crippen molar-refractivity contribution in [3.05, 3.63) is 35.9 Å². The van der Waals surface area contributed by atoms with Gasteiger partial charge in [-0.1, -0.05) is 37.3 Å². The van der Waals surface area contributed by atoms with Gasteiger partial charge < -0.3 is 19.5 Å². The van der Waals surface area contributed by atoms with Crippen LogP contribution in [-0.4, -0.2) is 39.1 Å². The smallest absolute Gasteiger partial charge is 0.407 e. The number of ether oxygens (including phenoxy) is 3. The minimum absolute atomic E-state index is 0.0808. The van der Waals surface area contributed by atoms with Gasteiger partial charge in [-0.25, -0.2) is 4.79 Å². The van der Waals surface area contributed by atoms with Crippen LogP contribution in [0.15, 0.2) is 30.3 Å². The van der Waals surface area contributed by atoms with Crippen LogP contribution in [0.4, 0.5) is 4.79 Å². The molecule has 1 amide bonds. The monoisotopic (exact) mass is 295 g/mol. The van der Waals surface area contributed by atoms with Crippen LogP contribution >= 0.6 is 0 Å². The third-order valence-electron chi connectivity index (χ3n) is 3.34. The summed E-state index contributed by atoms with van der Waals surface area (Å²) < 4.78 is 15.7. The normalized spacial score (nSPS) is 13.5. The average Bonchev–Trinajstić information content (AvgIpc) is 2.54. The fourth-order valence-corrected chi connectivity index (χ4v) is 2.12. The molecule has 5 nitrogen and oxygen atoms in total. The van der Waals surface area contributed by atoms with Crippen molar-refractivity contribution >= 4 is 6.09 Å². The Balaban J connectivity index is 2.33. The molecule has 0 aliphatic rings. The van der Waals surface area contributed by atoms with Gasteiger partial charge in [0.1, 0.15) is 0 Å². The van der Waals surface area contributed by atoms with Crippen LogP contribution in [0.3, 0.4) is 0 Å². The summed E-state index contributed by atoms with van der Waals surface area (Å²) in [6.45, 7) is 3.16. The Kier molecular flexibility index (Phi) is 8.47. The summed E-state index contributed by atoms with van der Waals surface area (Å²) in [5.41, 5.74) is 1.14. The SMILES string of the molecule is CC[C@H](NC(=O)OC)[C@H](CCOCc1ccccc1)OC. The molecule has 0 fully saturated rings. The molecule has 21 heavy (non-hydrogen) atoms. The Hall–Kier alpha value is -1.59. The summed E-state index contributed by atoms with van der Waals surface area (Å²) >= 11 is 0. The van der Waals surface area contributed by atoms with E-state index in [-0.39, 0.29) is 12.1 Å². The Morgan fingerprint density at radius 3 is 2.52 bits per heavy atom. The second-order valence-corrected chi connectivity index (χ2v) is 4.75. The van der Waals surface area contributed by atoms with Crippen LogP contribution < -0.4 is 5.32 Å². The van der Waals surface area contributed by atoms with Gasteiger partial charge in [0, 0.05) is 13.7 Å². The van der Waals surface area contributed by atoms with Crippen molar-refractivity contribution in [2.24, 2.45) is 0 Å². The topological polar surface area (TPSA) is 56.8 Å². The molecule has 0 aliphatic carbocycles. The molecule has 0 unspecified atom stereocenters. The molecule has 1 aromatic carbocycles. The molecule has 0 aliphatic heterocycles. The first-order valence-corrected chi connectivity index (χ1v) is 7.20. The van der Waals surface area contributed by atoms with E-state index in [1.54, 1.807) is 7.11 Å². The molecule has 0 radical (unpaired) electrons. The van der Waals surface area contributed by atoms with Gasteiger partial charge in [0.15, 0.2) is 0 Å². The maximum absolute atomic E-state index is 11.3. The molecule has 0 heterocycles. The first-order chi connectivity index (χ1) is 10.2. The zero-order valence-electron chi connectivity index (χ0n) is 13.0. The van der Waals surface area contributed by atoms with E-state index in [4.69, 9.17) is 9.47 Å². The van der Waals surface area contributed by atoms with Crippen molar-refractivity contribution < 1.29 is 19.0 Å². The van der Waals surface area contributed by atoms with Gasteiger partial charge >= 0.3 is 6.09 Å². The predicted octanol–water partition coefficient (Wildman–Crippen LogP) is 2.74. The Labute approximate surface area is 126 Å². The number of hydrogen-bond donors (Lipinski definition) is 1. The maximum atomic E-state index is 11.3. The lowest BCUT2D eigenvalue weighted by Crippen LogP contribution is -2.44. The lowest BCUT2D eigenvalue weighted by Gasteiger charge is -2.25. The van der Waals surface area contributed by atoms with Crippen molar-refractivity contribution in [3.8, 4) is 0 Å². The van der Waals surface area contributed by atoms with Gasteiger partial charge in [-0.15, -0.1) is 0 Å². The van der Waals surface area contributed by atoms with Crippen molar-refractivity contribution in [1.29, 1.82) is 0 Å². The minimum atomic E-state index is -0.436. The fraction of sp³-hybridized carbons (Fsp3) is 0.562. The van der Waals surface area contributed by atoms with Crippen LogP contribution in [0.5, 0.6) is 0 Å². The van der Waals surface area contributed by atoms with E-state index in [1.165, 1.54) is 7.11 Å². The van der Waals surface area contributed by atoms with Crippen molar-refractivity contribution in [1.82, 2.24) is 5.32 Å². The average molecular weight is 295 g/mol. The zero-order valence-corrected chi connectivity index (χ0v) is 13.0. The Morgan fingerprint density at radius 1 is 1.24 bits per heavy atom. The predicted molar refractivity (Wildman–Crippen MR) is 81.1 cm³/mol. The van der Waals surface area contributed by atoms with E-state index in [2.05, 4.69) is 10.1 Å². The quantitative estimate of drug-likeness (QED) is 0.712. The molecular weight excluding hydrogens is 270 g/mol. The van der Waals surface area contributed by atoms with Crippen LogP contribution in [0.25, 0.3) is 0 Å². The molecular formula is C16H25NO4. The van der Waals surface area contributed by atoms with Gasteiger partial charge in [0.05, 0.1) is 25.9 Å². The highest BCUT2D eigenvalue weighted by molar-refractivity contribution is 5.67. The largest absolute Gasteiger partial charge is 0.453 e.